The van der Waals surface area contributed by atoms with E-state index in [2.05, 4.69) is 0 Å². The first kappa shape index (κ1) is 16.8. The molecule has 1 unspecified atom stereocenters. The molecule has 1 aliphatic heterocycles. The summed E-state index contributed by atoms with van der Waals surface area (Å²) in [5.41, 5.74) is 2.98. The van der Waals surface area contributed by atoms with E-state index >= 15 is 0 Å². The lowest BCUT2D eigenvalue weighted by Gasteiger charge is -2.31. The summed E-state index contributed by atoms with van der Waals surface area (Å²) in [6, 6.07) is 10.2. The molecule has 0 bridgehead atoms. The van der Waals surface area contributed by atoms with Gasteiger partial charge >= 0.3 is 0 Å². The van der Waals surface area contributed by atoms with Crippen LogP contribution >= 0.6 is 11.6 Å². The van der Waals surface area contributed by atoms with E-state index in [4.69, 9.17) is 16.3 Å². The van der Waals surface area contributed by atoms with Crippen LogP contribution in [0.1, 0.15) is 23.6 Å². The number of amides is 1. The summed E-state index contributed by atoms with van der Waals surface area (Å²) in [7, 11) is 0. The fourth-order valence-electron chi connectivity index (χ4n) is 2.91. The van der Waals surface area contributed by atoms with Gasteiger partial charge in [0.15, 0.2) is 6.10 Å². The molecule has 1 heterocycles. The standard InChI is InChI=1S/C19H19ClFNO2/c1-12-3-6-18(17(20)9-12)24-13(2)19(23)22-8-7-14-10-16(21)5-4-15(14)11-22/h3-6,9-10,13H,7-8,11H2,1-2H3. The number of rotatable bonds is 3. The summed E-state index contributed by atoms with van der Waals surface area (Å²) in [5, 5.41) is 0.495. The molecule has 0 saturated carbocycles. The van der Waals surface area contributed by atoms with Crippen LogP contribution in [0.4, 0.5) is 4.39 Å². The Morgan fingerprint density at radius 2 is 2.04 bits per heavy atom. The average molecular weight is 348 g/mol. The SMILES string of the molecule is Cc1ccc(OC(C)C(=O)N2CCc3cc(F)ccc3C2)c(Cl)c1. The van der Waals surface area contributed by atoms with Crippen LogP contribution < -0.4 is 4.74 Å². The van der Waals surface area contributed by atoms with Crippen LogP contribution in [0.15, 0.2) is 36.4 Å². The molecule has 3 rings (SSSR count). The van der Waals surface area contributed by atoms with Gasteiger partial charge in [0, 0.05) is 13.1 Å². The fourth-order valence-corrected chi connectivity index (χ4v) is 3.19. The number of aryl methyl sites for hydroxylation is 1. The molecule has 1 aliphatic rings. The third-order valence-corrected chi connectivity index (χ3v) is 4.53. The topological polar surface area (TPSA) is 29.5 Å². The minimum atomic E-state index is -0.632. The predicted octanol–water partition coefficient (Wildman–Crippen LogP) is 4.14. The van der Waals surface area contributed by atoms with Crippen LogP contribution in [0.25, 0.3) is 0 Å². The number of nitrogens with zero attached hydrogens (tertiary/aromatic N) is 1. The lowest BCUT2D eigenvalue weighted by Crippen LogP contribution is -2.43. The van der Waals surface area contributed by atoms with Gasteiger partial charge in [-0.3, -0.25) is 4.79 Å². The molecule has 2 aromatic carbocycles. The van der Waals surface area contributed by atoms with Gasteiger partial charge in [0.2, 0.25) is 0 Å². The summed E-state index contributed by atoms with van der Waals surface area (Å²) in [6.07, 6.45) is 0.0174. The monoisotopic (exact) mass is 347 g/mol. The normalized spacial score (nSPS) is 14.9. The van der Waals surface area contributed by atoms with Gasteiger partial charge in [-0.15, -0.1) is 0 Å². The number of hydrogen-bond donors (Lipinski definition) is 0. The second kappa shape index (κ2) is 6.81. The quantitative estimate of drug-likeness (QED) is 0.835. The van der Waals surface area contributed by atoms with Gasteiger partial charge in [-0.05, 0) is 61.2 Å². The van der Waals surface area contributed by atoms with E-state index in [9.17, 15) is 9.18 Å². The van der Waals surface area contributed by atoms with E-state index in [1.54, 1.807) is 36.1 Å². The number of halogens is 2. The van der Waals surface area contributed by atoms with Crippen molar-refractivity contribution >= 4 is 17.5 Å². The highest BCUT2D eigenvalue weighted by Gasteiger charge is 2.26. The molecule has 2 aromatic rings. The van der Waals surface area contributed by atoms with E-state index in [0.29, 0.717) is 30.3 Å². The van der Waals surface area contributed by atoms with Gasteiger partial charge in [0.1, 0.15) is 11.6 Å². The molecule has 1 amide bonds. The summed E-state index contributed by atoms with van der Waals surface area (Å²) in [5.74, 6) is 0.170. The van der Waals surface area contributed by atoms with Gasteiger partial charge in [0.25, 0.3) is 5.91 Å². The Bertz CT molecular complexity index is 778. The van der Waals surface area contributed by atoms with Gasteiger partial charge < -0.3 is 9.64 Å². The second-order valence-corrected chi connectivity index (χ2v) is 6.52. The summed E-state index contributed by atoms with van der Waals surface area (Å²) in [6.45, 7) is 4.70. The smallest absolute Gasteiger partial charge is 0.263 e. The number of fused-ring (bicyclic) bond motifs is 1. The first-order valence-electron chi connectivity index (χ1n) is 7.93. The summed E-state index contributed by atoms with van der Waals surface area (Å²) >= 11 is 6.16. The van der Waals surface area contributed by atoms with Crippen molar-refractivity contribution in [3.05, 3.63) is 63.9 Å². The van der Waals surface area contributed by atoms with Crippen molar-refractivity contribution in [2.24, 2.45) is 0 Å². The fraction of sp³-hybridized carbons (Fsp3) is 0.316. The number of carbonyl (C=O) groups excluding carboxylic acids is 1. The maximum Gasteiger partial charge on any atom is 0.263 e. The van der Waals surface area contributed by atoms with Gasteiger partial charge in [-0.2, -0.15) is 0 Å². The van der Waals surface area contributed by atoms with Crippen molar-refractivity contribution in [3.8, 4) is 5.75 Å². The van der Waals surface area contributed by atoms with Crippen LogP contribution in [0.3, 0.4) is 0 Å². The lowest BCUT2D eigenvalue weighted by atomic mass is 9.99. The molecule has 1 atom stereocenters. The number of benzene rings is 2. The van der Waals surface area contributed by atoms with Crippen molar-refractivity contribution < 1.29 is 13.9 Å². The number of hydrogen-bond acceptors (Lipinski definition) is 2. The molecule has 0 saturated heterocycles. The zero-order valence-corrected chi connectivity index (χ0v) is 14.4. The van der Waals surface area contributed by atoms with Crippen LogP contribution in [-0.2, 0) is 17.8 Å². The molecular weight excluding hydrogens is 329 g/mol. The Morgan fingerprint density at radius 3 is 2.79 bits per heavy atom. The molecule has 0 spiro atoms. The van der Waals surface area contributed by atoms with Crippen LogP contribution in [0.5, 0.6) is 5.75 Å². The van der Waals surface area contributed by atoms with E-state index in [-0.39, 0.29) is 11.7 Å². The Kier molecular flexibility index (Phi) is 4.76. The maximum absolute atomic E-state index is 13.3. The highest BCUT2D eigenvalue weighted by molar-refractivity contribution is 6.32. The molecule has 0 aliphatic carbocycles. The highest BCUT2D eigenvalue weighted by atomic mass is 35.5. The van der Waals surface area contributed by atoms with Crippen molar-refractivity contribution in [1.29, 1.82) is 0 Å². The van der Waals surface area contributed by atoms with E-state index in [1.807, 2.05) is 13.0 Å². The average Bonchev–Trinajstić information content (AvgIpc) is 2.56. The molecule has 3 nitrogen and oxygen atoms in total. The number of carbonyl (C=O) groups is 1. The Morgan fingerprint density at radius 1 is 1.25 bits per heavy atom. The maximum atomic E-state index is 13.3. The molecule has 0 radical (unpaired) electrons. The molecular formula is C19H19ClFNO2. The summed E-state index contributed by atoms with van der Waals surface area (Å²) < 4.78 is 19.0. The van der Waals surface area contributed by atoms with Gasteiger partial charge in [-0.1, -0.05) is 23.7 Å². The molecule has 0 N–H and O–H groups in total. The molecule has 24 heavy (non-hydrogen) atoms. The second-order valence-electron chi connectivity index (χ2n) is 6.12. The third kappa shape index (κ3) is 3.54. The van der Waals surface area contributed by atoms with Gasteiger partial charge in [0.05, 0.1) is 5.02 Å². The zero-order valence-electron chi connectivity index (χ0n) is 13.7. The van der Waals surface area contributed by atoms with Crippen molar-refractivity contribution in [2.75, 3.05) is 6.54 Å². The Labute approximate surface area is 146 Å². The first-order chi connectivity index (χ1) is 11.4. The molecule has 126 valence electrons. The molecule has 5 heteroatoms. The van der Waals surface area contributed by atoms with Crippen LogP contribution in [-0.4, -0.2) is 23.5 Å². The van der Waals surface area contributed by atoms with Gasteiger partial charge in [-0.25, -0.2) is 4.39 Å². The van der Waals surface area contributed by atoms with E-state index in [0.717, 1.165) is 16.7 Å². The van der Waals surface area contributed by atoms with E-state index < -0.39 is 6.10 Å². The minimum Gasteiger partial charge on any atom is -0.479 e. The van der Waals surface area contributed by atoms with Crippen molar-refractivity contribution in [2.45, 2.75) is 32.9 Å². The highest BCUT2D eigenvalue weighted by Crippen LogP contribution is 2.27. The summed E-state index contributed by atoms with van der Waals surface area (Å²) in [4.78, 5) is 14.4. The Hall–Kier alpha value is -2.07. The largest absolute Gasteiger partial charge is 0.479 e. The zero-order chi connectivity index (χ0) is 17.3. The Balaban J connectivity index is 1.69. The predicted molar refractivity (Wildman–Crippen MR) is 91.8 cm³/mol. The molecule has 0 aromatic heterocycles. The first-order valence-corrected chi connectivity index (χ1v) is 8.31. The van der Waals surface area contributed by atoms with E-state index in [1.165, 1.54) is 6.07 Å². The van der Waals surface area contributed by atoms with Crippen LogP contribution in [0.2, 0.25) is 5.02 Å². The third-order valence-electron chi connectivity index (χ3n) is 4.23. The van der Waals surface area contributed by atoms with Crippen LogP contribution in [0, 0.1) is 12.7 Å². The lowest BCUT2D eigenvalue weighted by molar-refractivity contribution is -0.138. The molecule has 0 fully saturated rings. The van der Waals surface area contributed by atoms with Crippen molar-refractivity contribution in [1.82, 2.24) is 4.90 Å². The number of ether oxygens (including phenoxy) is 1. The van der Waals surface area contributed by atoms with Crippen molar-refractivity contribution in [3.63, 3.8) is 0 Å². The minimum absolute atomic E-state index is 0.0957.